The summed E-state index contributed by atoms with van der Waals surface area (Å²) in [4.78, 5) is 12.8. The number of fused-ring (bicyclic) bond motifs is 1. The Balaban J connectivity index is 1.77. The molecule has 0 aliphatic carbocycles. The molecule has 0 saturated heterocycles. The molecule has 1 aliphatic rings. The van der Waals surface area contributed by atoms with E-state index in [1.165, 1.54) is 5.56 Å². The maximum absolute atomic E-state index is 12.8. The number of rotatable bonds is 3. The minimum Gasteiger partial charge on any atom is -0.306 e. The van der Waals surface area contributed by atoms with Crippen LogP contribution in [0.15, 0.2) is 42.5 Å². The number of nitrogens with one attached hydrogen (secondary N) is 1. The summed E-state index contributed by atoms with van der Waals surface area (Å²) in [6.45, 7) is 6.06. The van der Waals surface area contributed by atoms with E-state index < -0.39 is 10.8 Å². The first-order chi connectivity index (χ1) is 12.9. The maximum atomic E-state index is 12.8. The van der Waals surface area contributed by atoms with Crippen molar-refractivity contribution in [2.45, 2.75) is 32.3 Å². The van der Waals surface area contributed by atoms with Gasteiger partial charge in [0.2, 0.25) is 0 Å². The van der Waals surface area contributed by atoms with E-state index in [0.29, 0.717) is 22.9 Å². The second-order valence-electron chi connectivity index (χ2n) is 7.02. The molecule has 0 saturated carbocycles. The van der Waals surface area contributed by atoms with Gasteiger partial charge in [0.1, 0.15) is 5.82 Å². The van der Waals surface area contributed by atoms with Crippen LogP contribution in [0.5, 0.6) is 0 Å². The monoisotopic (exact) mass is 379 g/mol. The average molecular weight is 379 g/mol. The molecule has 1 atom stereocenters. The van der Waals surface area contributed by atoms with Crippen LogP contribution >= 0.6 is 0 Å². The molecule has 2 aromatic carbocycles. The van der Waals surface area contributed by atoms with Gasteiger partial charge in [0, 0.05) is 21.9 Å². The summed E-state index contributed by atoms with van der Waals surface area (Å²) in [5.74, 6) is 1.28. The molecule has 0 spiro atoms. The summed E-state index contributed by atoms with van der Waals surface area (Å²) >= 11 is 0. The van der Waals surface area contributed by atoms with Gasteiger partial charge in [0.05, 0.1) is 22.9 Å². The molecule has 0 fully saturated rings. The first-order valence-corrected chi connectivity index (χ1v) is 10.3. The molecule has 1 aliphatic heterocycles. The number of nitrogens with zero attached hydrogens (tertiary/aromatic N) is 2. The Bertz CT molecular complexity index is 1070. The van der Waals surface area contributed by atoms with Gasteiger partial charge in [-0.1, -0.05) is 35.4 Å². The molecular weight excluding hydrogens is 358 g/mol. The zero-order chi connectivity index (χ0) is 19.1. The number of benzene rings is 2. The van der Waals surface area contributed by atoms with E-state index in [1.807, 2.05) is 45.0 Å². The lowest BCUT2D eigenvalue weighted by Crippen LogP contribution is -2.17. The minimum atomic E-state index is -0.962. The second-order valence-corrected chi connectivity index (χ2v) is 8.48. The molecule has 6 heteroatoms. The third kappa shape index (κ3) is 3.32. The molecule has 0 unspecified atom stereocenters. The molecule has 138 valence electrons. The molecule has 5 nitrogen and oxygen atoms in total. The lowest BCUT2D eigenvalue weighted by atomic mass is 10.1. The van der Waals surface area contributed by atoms with Crippen molar-refractivity contribution < 1.29 is 9.00 Å². The van der Waals surface area contributed by atoms with Gasteiger partial charge >= 0.3 is 0 Å². The summed E-state index contributed by atoms with van der Waals surface area (Å²) in [7, 11) is -0.962. The van der Waals surface area contributed by atoms with Gasteiger partial charge in [-0.05, 0) is 44.5 Å². The maximum Gasteiger partial charge on any atom is 0.256 e. The van der Waals surface area contributed by atoms with E-state index in [0.717, 1.165) is 28.1 Å². The van der Waals surface area contributed by atoms with E-state index in [2.05, 4.69) is 16.5 Å². The van der Waals surface area contributed by atoms with Crippen molar-refractivity contribution in [1.82, 2.24) is 9.78 Å². The quantitative estimate of drug-likeness (QED) is 0.753. The van der Waals surface area contributed by atoms with Crippen LogP contribution in [-0.4, -0.2) is 19.9 Å². The second kappa shape index (κ2) is 6.78. The number of hydrogen-bond acceptors (Lipinski definition) is 3. The van der Waals surface area contributed by atoms with Crippen molar-refractivity contribution in [3.05, 3.63) is 76.0 Å². The molecule has 0 bridgehead atoms. The summed E-state index contributed by atoms with van der Waals surface area (Å²) < 4.78 is 13.8. The number of aryl methyl sites for hydroxylation is 3. The van der Waals surface area contributed by atoms with Crippen molar-refractivity contribution in [1.29, 1.82) is 0 Å². The van der Waals surface area contributed by atoms with E-state index in [-0.39, 0.29) is 5.91 Å². The Labute approximate surface area is 160 Å². The Morgan fingerprint density at radius 1 is 1.04 bits per heavy atom. The Morgan fingerprint density at radius 3 is 2.44 bits per heavy atom. The van der Waals surface area contributed by atoms with Crippen LogP contribution in [0.25, 0.3) is 5.69 Å². The predicted molar refractivity (Wildman–Crippen MR) is 108 cm³/mol. The molecule has 0 radical (unpaired) electrons. The molecule has 4 rings (SSSR count). The molecule has 3 aromatic rings. The highest BCUT2D eigenvalue weighted by Gasteiger charge is 2.28. The highest BCUT2D eigenvalue weighted by Crippen LogP contribution is 2.32. The fraction of sp³-hybridized carbons (Fsp3) is 0.238. The van der Waals surface area contributed by atoms with Crippen molar-refractivity contribution >= 4 is 22.5 Å². The molecule has 2 heterocycles. The van der Waals surface area contributed by atoms with Gasteiger partial charge in [-0.25, -0.2) is 4.68 Å². The highest BCUT2D eigenvalue weighted by molar-refractivity contribution is 7.83. The van der Waals surface area contributed by atoms with Crippen LogP contribution in [0.3, 0.4) is 0 Å². The van der Waals surface area contributed by atoms with E-state index >= 15 is 0 Å². The summed E-state index contributed by atoms with van der Waals surface area (Å²) in [6, 6.07) is 13.6. The summed E-state index contributed by atoms with van der Waals surface area (Å²) in [5.41, 5.74) is 6.51. The predicted octanol–water partition coefficient (Wildman–Crippen LogP) is 3.81. The van der Waals surface area contributed by atoms with E-state index in [4.69, 9.17) is 0 Å². The van der Waals surface area contributed by atoms with Gasteiger partial charge in [0.15, 0.2) is 0 Å². The fourth-order valence-electron chi connectivity index (χ4n) is 3.36. The van der Waals surface area contributed by atoms with Crippen LogP contribution in [0.1, 0.15) is 38.3 Å². The minimum absolute atomic E-state index is 0.193. The average Bonchev–Trinajstić information content (AvgIpc) is 3.13. The number of amides is 1. The van der Waals surface area contributed by atoms with Gasteiger partial charge < -0.3 is 5.32 Å². The standard InChI is InChI=1S/C21H21N3O2S/c1-13-4-7-16(8-5-13)21(25)22-20-17-11-27(26)12-18(17)23-24(20)19-9-6-14(2)10-15(19)3/h4-10H,11-12H2,1-3H3,(H,22,25)/t27-/m1/s1. The van der Waals surface area contributed by atoms with Crippen molar-refractivity contribution in [2.24, 2.45) is 0 Å². The third-order valence-corrected chi connectivity index (χ3v) is 6.00. The SMILES string of the molecule is Cc1ccc(C(=O)Nc2c3c(nn2-c2ccc(C)cc2C)C[S@](=O)C3)cc1. The van der Waals surface area contributed by atoms with Crippen LogP contribution in [-0.2, 0) is 22.3 Å². The zero-order valence-electron chi connectivity index (χ0n) is 15.6. The zero-order valence-corrected chi connectivity index (χ0v) is 16.4. The van der Waals surface area contributed by atoms with Crippen LogP contribution in [0.2, 0.25) is 0 Å². The highest BCUT2D eigenvalue weighted by atomic mass is 32.2. The number of anilines is 1. The normalized spacial score (nSPS) is 15.6. The molecular formula is C21H21N3O2S. The van der Waals surface area contributed by atoms with Crippen LogP contribution in [0, 0.1) is 20.8 Å². The van der Waals surface area contributed by atoms with Crippen LogP contribution in [0.4, 0.5) is 5.82 Å². The van der Waals surface area contributed by atoms with E-state index in [1.54, 1.807) is 16.8 Å². The Kier molecular flexibility index (Phi) is 4.44. The van der Waals surface area contributed by atoms with Gasteiger partial charge in [-0.15, -0.1) is 0 Å². The smallest absolute Gasteiger partial charge is 0.256 e. The van der Waals surface area contributed by atoms with Gasteiger partial charge in [-0.3, -0.25) is 9.00 Å². The topological polar surface area (TPSA) is 64.0 Å². The van der Waals surface area contributed by atoms with Crippen molar-refractivity contribution in [2.75, 3.05) is 5.32 Å². The molecule has 1 aromatic heterocycles. The molecule has 1 N–H and O–H groups in total. The molecule has 1 amide bonds. The Morgan fingerprint density at radius 2 is 1.74 bits per heavy atom. The number of hydrogen-bond donors (Lipinski definition) is 1. The van der Waals surface area contributed by atoms with Crippen molar-refractivity contribution in [3.8, 4) is 5.69 Å². The van der Waals surface area contributed by atoms with Gasteiger partial charge in [0.25, 0.3) is 5.91 Å². The molecule has 27 heavy (non-hydrogen) atoms. The third-order valence-electron chi connectivity index (χ3n) is 4.80. The number of carbonyl (C=O) groups excluding carboxylic acids is 1. The van der Waals surface area contributed by atoms with E-state index in [9.17, 15) is 9.00 Å². The van der Waals surface area contributed by atoms with Crippen LogP contribution < -0.4 is 5.32 Å². The van der Waals surface area contributed by atoms with Gasteiger partial charge in [-0.2, -0.15) is 5.10 Å². The first-order valence-electron chi connectivity index (χ1n) is 8.84. The van der Waals surface area contributed by atoms with Crippen molar-refractivity contribution in [3.63, 3.8) is 0 Å². The first kappa shape index (κ1) is 17.7. The lowest BCUT2D eigenvalue weighted by Gasteiger charge is -2.13. The summed E-state index contributed by atoms with van der Waals surface area (Å²) in [6.07, 6.45) is 0. The number of carbonyl (C=O) groups is 1. The largest absolute Gasteiger partial charge is 0.306 e. The Hall–Kier alpha value is -2.73. The number of aromatic nitrogens is 2. The summed E-state index contributed by atoms with van der Waals surface area (Å²) in [5, 5.41) is 7.69. The fourth-order valence-corrected chi connectivity index (χ4v) is 4.62. The lowest BCUT2D eigenvalue weighted by molar-refractivity contribution is 0.102.